The van der Waals surface area contributed by atoms with E-state index in [4.69, 9.17) is 16.3 Å². The molecule has 1 N–H and O–H groups in total. The lowest BCUT2D eigenvalue weighted by Crippen LogP contribution is -2.11. The Morgan fingerprint density at radius 3 is 2.43 bits per heavy atom. The van der Waals surface area contributed by atoms with Crippen molar-refractivity contribution in [1.82, 2.24) is 0 Å². The second kappa shape index (κ2) is 7.94. The quantitative estimate of drug-likeness (QED) is 0.709. The van der Waals surface area contributed by atoms with E-state index in [1.165, 1.54) is 5.56 Å². The van der Waals surface area contributed by atoms with Gasteiger partial charge in [0.05, 0.1) is 18.3 Å². The second-order valence-electron chi connectivity index (χ2n) is 4.97. The van der Waals surface area contributed by atoms with Crippen molar-refractivity contribution in [1.29, 1.82) is 0 Å². The summed E-state index contributed by atoms with van der Waals surface area (Å²) in [5, 5.41) is 4.37. The third-order valence-electron chi connectivity index (χ3n) is 3.37. The number of hydrogen-bond acceptors (Lipinski definition) is 2. The zero-order valence-electron chi connectivity index (χ0n) is 12.6. The highest BCUT2D eigenvalue weighted by Crippen LogP contribution is 2.30. The molecule has 0 radical (unpaired) electrons. The summed E-state index contributed by atoms with van der Waals surface area (Å²) < 4.78 is 5.69. The van der Waals surface area contributed by atoms with Crippen LogP contribution >= 0.6 is 11.6 Å². The van der Waals surface area contributed by atoms with Crippen LogP contribution in [0.4, 0.5) is 5.69 Å². The van der Waals surface area contributed by atoms with Crippen molar-refractivity contribution in [3.63, 3.8) is 0 Å². The molecule has 2 aromatic carbocycles. The molecule has 1 atom stereocenters. The fourth-order valence-corrected chi connectivity index (χ4v) is 2.49. The van der Waals surface area contributed by atoms with E-state index >= 15 is 0 Å². The first kappa shape index (κ1) is 15.7. The molecule has 0 saturated heterocycles. The monoisotopic (exact) mass is 303 g/mol. The van der Waals surface area contributed by atoms with Gasteiger partial charge in [0.15, 0.2) is 0 Å². The molecule has 0 spiro atoms. The molecule has 1 unspecified atom stereocenters. The molecule has 112 valence electrons. The second-order valence-corrected chi connectivity index (χ2v) is 5.40. The maximum absolute atomic E-state index is 5.98. The molecular formula is C18H22ClNO. The van der Waals surface area contributed by atoms with Gasteiger partial charge in [0.1, 0.15) is 5.75 Å². The van der Waals surface area contributed by atoms with Crippen molar-refractivity contribution in [2.24, 2.45) is 0 Å². The SMILES string of the molecule is CCCC(Nc1ccccc1OCC)c1ccc(Cl)cc1. The topological polar surface area (TPSA) is 21.3 Å². The molecule has 0 saturated carbocycles. The Hall–Kier alpha value is -1.67. The van der Waals surface area contributed by atoms with Gasteiger partial charge in [0.2, 0.25) is 0 Å². The van der Waals surface area contributed by atoms with Crippen LogP contribution in [0, 0.1) is 0 Å². The van der Waals surface area contributed by atoms with Crippen molar-refractivity contribution < 1.29 is 4.74 Å². The lowest BCUT2D eigenvalue weighted by molar-refractivity contribution is 0.341. The van der Waals surface area contributed by atoms with Crippen LogP contribution in [-0.2, 0) is 0 Å². The Labute approximate surface area is 132 Å². The molecule has 0 heterocycles. The fourth-order valence-electron chi connectivity index (χ4n) is 2.36. The van der Waals surface area contributed by atoms with Gasteiger partial charge in [-0.15, -0.1) is 0 Å². The van der Waals surface area contributed by atoms with E-state index in [2.05, 4.69) is 30.4 Å². The summed E-state index contributed by atoms with van der Waals surface area (Å²) in [7, 11) is 0. The van der Waals surface area contributed by atoms with Crippen molar-refractivity contribution >= 4 is 17.3 Å². The summed E-state index contributed by atoms with van der Waals surface area (Å²) in [5.41, 5.74) is 2.28. The third kappa shape index (κ3) is 4.40. The average Bonchev–Trinajstić information content (AvgIpc) is 2.50. The van der Waals surface area contributed by atoms with Crippen molar-refractivity contribution in [2.75, 3.05) is 11.9 Å². The van der Waals surface area contributed by atoms with Crippen LogP contribution < -0.4 is 10.1 Å². The zero-order chi connectivity index (χ0) is 15.1. The van der Waals surface area contributed by atoms with Crippen LogP contribution in [0.1, 0.15) is 38.3 Å². The van der Waals surface area contributed by atoms with E-state index in [1.807, 2.05) is 37.3 Å². The molecular weight excluding hydrogens is 282 g/mol. The number of anilines is 1. The van der Waals surface area contributed by atoms with Crippen molar-refractivity contribution in [3.05, 3.63) is 59.1 Å². The Bertz CT molecular complexity index is 553. The molecule has 0 aliphatic rings. The van der Waals surface area contributed by atoms with Crippen LogP contribution in [0.5, 0.6) is 5.75 Å². The third-order valence-corrected chi connectivity index (χ3v) is 3.62. The first-order valence-electron chi connectivity index (χ1n) is 7.48. The van der Waals surface area contributed by atoms with Crippen LogP contribution in [-0.4, -0.2) is 6.61 Å². The summed E-state index contributed by atoms with van der Waals surface area (Å²) >= 11 is 5.98. The summed E-state index contributed by atoms with van der Waals surface area (Å²) in [6.45, 7) is 4.86. The van der Waals surface area contributed by atoms with Gasteiger partial charge in [-0.05, 0) is 43.2 Å². The number of halogens is 1. The number of benzene rings is 2. The van der Waals surface area contributed by atoms with Crippen LogP contribution in [0.15, 0.2) is 48.5 Å². The summed E-state index contributed by atoms with van der Waals surface area (Å²) in [6.07, 6.45) is 2.17. The molecule has 2 nitrogen and oxygen atoms in total. The minimum Gasteiger partial charge on any atom is -0.492 e. The van der Waals surface area contributed by atoms with Crippen LogP contribution in [0.2, 0.25) is 5.02 Å². The molecule has 0 fully saturated rings. The van der Waals surface area contributed by atoms with Gasteiger partial charge < -0.3 is 10.1 Å². The highest BCUT2D eigenvalue weighted by atomic mass is 35.5. The smallest absolute Gasteiger partial charge is 0.142 e. The Kier molecular flexibility index (Phi) is 5.94. The fraction of sp³-hybridized carbons (Fsp3) is 0.333. The number of nitrogens with one attached hydrogen (secondary N) is 1. The standard InChI is InChI=1S/C18H22ClNO/c1-3-7-16(14-10-12-15(19)13-11-14)20-17-8-5-6-9-18(17)21-4-2/h5-6,8-13,16,20H,3-4,7H2,1-2H3. The molecule has 21 heavy (non-hydrogen) atoms. The van der Waals surface area contributed by atoms with E-state index in [0.29, 0.717) is 6.61 Å². The lowest BCUT2D eigenvalue weighted by Gasteiger charge is -2.22. The van der Waals surface area contributed by atoms with Gasteiger partial charge in [-0.2, -0.15) is 0 Å². The van der Waals surface area contributed by atoms with Gasteiger partial charge in [-0.25, -0.2) is 0 Å². The van der Waals surface area contributed by atoms with Crippen LogP contribution in [0.25, 0.3) is 0 Å². The Morgan fingerprint density at radius 1 is 1.05 bits per heavy atom. The first-order chi connectivity index (χ1) is 10.2. The molecule has 0 bridgehead atoms. The van der Waals surface area contributed by atoms with Gasteiger partial charge in [-0.3, -0.25) is 0 Å². The van der Waals surface area contributed by atoms with Crippen LogP contribution in [0.3, 0.4) is 0 Å². The minimum absolute atomic E-state index is 0.258. The minimum atomic E-state index is 0.258. The molecule has 0 amide bonds. The maximum atomic E-state index is 5.98. The van der Waals surface area contributed by atoms with Gasteiger partial charge in [0.25, 0.3) is 0 Å². The molecule has 3 heteroatoms. The number of ether oxygens (including phenoxy) is 1. The summed E-state index contributed by atoms with van der Waals surface area (Å²) in [6, 6.07) is 16.4. The van der Waals surface area contributed by atoms with E-state index in [-0.39, 0.29) is 6.04 Å². The summed E-state index contributed by atoms with van der Waals surface area (Å²) in [4.78, 5) is 0. The Morgan fingerprint density at radius 2 is 1.76 bits per heavy atom. The predicted molar refractivity (Wildman–Crippen MR) is 90.3 cm³/mol. The molecule has 0 aliphatic carbocycles. The molecule has 0 aliphatic heterocycles. The van der Waals surface area contributed by atoms with E-state index in [1.54, 1.807) is 0 Å². The van der Waals surface area contributed by atoms with Gasteiger partial charge in [-0.1, -0.05) is 49.2 Å². The highest BCUT2D eigenvalue weighted by molar-refractivity contribution is 6.30. The predicted octanol–water partition coefficient (Wildman–Crippen LogP) is 5.69. The number of para-hydroxylation sites is 2. The summed E-state index contributed by atoms with van der Waals surface area (Å²) in [5.74, 6) is 0.898. The van der Waals surface area contributed by atoms with E-state index in [9.17, 15) is 0 Å². The zero-order valence-corrected chi connectivity index (χ0v) is 13.4. The number of rotatable bonds is 7. The van der Waals surface area contributed by atoms with E-state index in [0.717, 1.165) is 29.3 Å². The molecule has 0 aromatic heterocycles. The van der Waals surface area contributed by atoms with E-state index < -0.39 is 0 Å². The highest BCUT2D eigenvalue weighted by Gasteiger charge is 2.12. The lowest BCUT2D eigenvalue weighted by atomic mass is 10.0. The molecule has 2 aromatic rings. The molecule has 2 rings (SSSR count). The van der Waals surface area contributed by atoms with Crippen molar-refractivity contribution in [2.45, 2.75) is 32.7 Å². The van der Waals surface area contributed by atoms with Gasteiger partial charge in [0, 0.05) is 5.02 Å². The Balaban J connectivity index is 2.22. The van der Waals surface area contributed by atoms with Crippen molar-refractivity contribution in [3.8, 4) is 5.75 Å². The average molecular weight is 304 g/mol. The maximum Gasteiger partial charge on any atom is 0.142 e. The normalized spacial score (nSPS) is 12.0. The first-order valence-corrected chi connectivity index (χ1v) is 7.86. The largest absolute Gasteiger partial charge is 0.492 e. The van der Waals surface area contributed by atoms with Gasteiger partial charge >= 0.3 is 0 Å². The number of hydrogen-bond donors (Lipinski definition) is 1.